The van der Waals surface area contributed by atoms with E-state index < -0.39 is 0 Å². The number of halogens is 2. The predicted octanol–water partition coefficient (Wildman–Crippen LogP) is 3.95. The van der Waals surface area contributed by atoms with Gasteiger partial charge >= 0.3 is 0 Å². The number of nitrogens with zero attached hydrogens (tertiary/aromatic N) is 3. The van der Waals surface area contributed by atoms with Crippen LogP contribution in [0.3, 0.4) is 0 Å². The zero-order chi connectivity index (χ0) is 23.7. The number of aromatic nitrogens is 1. The number of benzene rings is 2. The highest BCUT2D eigenvalue weighted by Crippen LogP contribution is 2.21. The van der Waals surface area contributed by atoms with Crippen molar-refractivity contribution >= 4 is 52.1 Å². The molecular formula is C25H21Cl2N3O2S. The standard InChI is InChI=1S/C25H21Cl2N3O2S/c1-15-5-8-21(16(2)11-15)30-24(32)22(12-17-6-7-18(26)13-20(17)27)33-25(30)19(14-28)23(31)29-9-3-4-10-29/h5-8,11-13H,3-4,9-10H2,1-2H3/b22-12-,25-19-. The van der Waals surface area contributed by atoms with Gasteiger partial charge in [-0.1, -0.05) is 47.0 Å². The van der Waals surface area contributed by atoms with Crippen LogP contribution in [-0.2, 0) is 4.79 Å². The van der Waals surface area contributed by atoms with Crippen LogP contribution in [0.1, 0.15) is 29.5 Å². The van der Waals surface area contributed by atoms with E-state index >= 15 is 0 Å². The van der Waals surface area contributed by atoms with Crippen molar-refractivity contribution in [2.24, 2.45) is 0 Å². The fourth-order valence-corrected chi connectivity index (χ4v) is 5.49. The van der Waals surface area contributed by atoms with Crippen LogP contribution in [0.15, 0.2) is 41.2 Å². The van der Waals surface area contributed by atoms with Crippen molar-refractivity contribution in [2.45, 2.75) is 26.7 Å². The lowest BCUT2D eigenvalue weighted by Gasteiger charge is -2.14. The topological polar surface area (TPSA) is 66.1 Å². The monoisotopic (exact) mass is 497 g/mol. The maximum atomic E-state index is 13.6. The molecular weight excluding hydrogens is 477 g/mol. The van der Waals surface area contributed by atoms with Gasteiger partial charge in [0.2, 0.25) is 0 Å². The molecule has 0 bridgehead atoms. The van der Waals surface area contributed by atoms with Gasteiger partial charge in [0.1, 0.15) is 10.7 Å². The third-order valence-corrected chi connectivity index (χ3v) is 7.25. The molecule has 1 aliphatic heterocycles. The number of thiazole rings is 1. The third-order valence-electron chi connectivity index (χ3n) is 5.60. The largest absolute Gasteiger partial charge is 0.338 e. The van der Waals surface area contributed by atoms with Crippen molar-refractivity contribution in [1.82, 2.24) is 9.47 Å². The van der Waals surface area contributed by atoms with E-state index in [4.69, 9.17) is 23.2 Å². The second-order valence-electron chi connectivity index (χ2n) is 8.00. The molecule has 1 saturated heterocycles. The summed E-state index contributed by atoms with van der Waals surface area (Å²) in [5.74, 6) is -0.342. The molecule has 168 valence electrons. The molecule has 0 spiro atoms. The van der Waals surface area contributed by atoms with E-state index in [9.17, 15) is 14.9 Å². The molecule has 0 N–H and O–H groups in total. The van der Waals surface area contributed by atoms with Crippen molar-refractivity contribution in [3.05, 3.63) is 82.7 Å². The molecule has 1 amide bonds. The first-order valence-electron chi connectivity index (χ1n) is 10.5. The van der Waals surface area contributed by atoms with E-state index in [1.54, 1.807) is 29.2 Å². The van der Waals surface area contributed by atoms with Crippen LogP contribution in [-0.4, -0.2) is 28.5 Å². The van der Waals surface area contributed by atoms with Crippen molar-refractivity contribution < 1.29 is 4.79 Å². The Bertz CT molecular complexity index is 1470. The predicted molar refractivity (Wildman–Crippen MR) is 134 cm³/mol. The smallest absolute Gasteiger partial charge is 0.273 e. The van der Waals surface area contributed by atoms with Gasteiger partial charge in [0.25, 0.3) is 11.5 Å². The Kier molecular flexibility index (Phi) is 6.76. The maximum Gasteiger partial charge on any atom is 0.273 e. The lowest BCUT2D eigenvalue weighted by Crippen LogP contribution is -2.35. The summed E-state index contributed by atoms with van der Waals surface area (Å²) in [6.07, 6.45) is 3.49. The number of nitriles is 1. The highest BCUT2D eigenvalue weighted by Gasteiger charge is 2.24. The second kappa shape index (κ2) is 9.56. The van der Waals surface area contributed by atoms with E-state index in [1.165, 1.54) is 4.57 Å². The highest BCUT2D eigenvalue weighted by atomic mass is 35.5. The molecule has 0 saturated carbocycles. The lowest BCUT2D eigenvalue weighted by molar-refractivity contribution is -0.123. The Balaban J connectivity index is 2.06. The molecule has 0 unspecified atom stereocenters. The summed E-state index contributed by atoms with van der Waals surface area (Å²) in [6, 6.07) is 12.8. The van der Waals surface area contributed by atoms with E-state index in [1.807, 2.05) is 32.0 Å². The van der Waals surface area contributed by atoms with Crippen molar-refractivity contribution in [3.8, 4) is 11.8 Å². The first-order valence-corrected chi connectivity index (χ1v) is 12.1. The molecule has 33 heavy (non-hydrogen) atoms. The summed E-state index contributed by atoms with van der Waals surface area (Å²) in [7, 11) is 0. The first kappa shape index (κ1) is 23.3. The molecule has 4 rings (SSSR count). The lowest BCUT2D eigenvalue weighted by atomic mass is 10.1. The van der Waals surface area contributed by atoms with Gasteiger partial charge in [-0.15, -0.1) is 11.3 Å². The molecule has 1 aliphatic rings. The second-order valence-corrected chi connectivity index (χ2v) is 9.87. The minimum absolute atomic E-state index is 0.0270. The van der Waals surface area contributed by atoms with Gasteiger partial charge < -0.3 is 4.90 Å². The Morgan fingerprint density at radius 3 is 2.48 bits per heavy atom. The minimum Gasteiger partial charge on any atom is -0.338 e. The molecule has 5 nitrogen and oxygen atoms in total. The molecule has 2 heterocycles. The van der Waals surface area contributed by atoms with E-state index in [0.29, 0.717) is 43.6 Å². The highest BCUT2D eigenvalue weighted by molar-refractivity contribution is 7.07. The number of hydrogen-bond acceptors (Lipinski definition) is 4. The summed E-state index contributed by atoms with van der Waals surface area (Å²) < 4.78 is 2.17. The van der Waals surface area contributed by atoms with Gasteiger partial charge in [-0.25, -0.2) is 0 Å². The third kappa shape index (κ3) is 4.63. The van der Waals surface area contributed by atoms with Crippen LogP contribution in [0.5, 0.6) is 0 Å². The van der Waals surface area contributed by atoms with Gasteiger partial charge in [-0.05, 0) is 62.1 Å². The van der Waals surface area contributed by atoms with Crippen LogP contribution in [0.25, 0.3) is 17.3 Å². The van der Waals surface area contributed by atoms with Crippen molar-refractivity contribution in [1.29, 1.82) is 5.26 Å². The normalized spacial score (nSPS) is 15.0. The summed E-state index contributed by atoms with van der Waals surface area (Å²) in [4.78, 5) is 28.5. The van der Waals surface area contributed by atoms with Crippen LogP contribution in [0.2, 0.25) is 10.0 Å². The number of likely N-dealkylation sites (tertiary alicyclic amines) is 1. The molecule has 0 radical (unpaired) electrons. The van der Waals surface area contributed by atoms with Crippen LogP contribution in [0, 0.1) is 25.2 Å². The average Bonchev–Trinajstić information content (AvgIpc) is 3.40. The summed E-state index contributed by atoms with van der Waals surface area (Å²) in [6.45, 7) is 5.11. The molecule has 1 fully saturated rings. The molecule has 8 heteroatoms. The zero-order valence-corrected chi connectivity index (χ0v) is 20.5. The zero-order valence-electron chi connectivity index (χ0n) is 18.2. The van der Waals surface area contributed by atoms with Gasteiger partial charge in [0.05, 0.1) is 10.2 Å². The Labute approximate surface area is 205 Å². The quantitative estimate of drug-likeness (QED) is 0.550. The summed E-state index contributed by atoms with van der Waals surface area (Å²) >= 11 is 13.4. The van der Waals surface area contributed by atoms with Crippen LogP contribution in [0.4, 0.5) is 0 Å². The number of hydrogen-bond donors (Lipinski definition) is 0. The van der Waals surface area contributed by atoms with Gasteiger partial charge in [0, 0.05) is 23.1 Å². The Morgan fingerprint density at radius 1 is 1.12 bits per heavy atom. The maximum absolute atomic E-state index is 13.6. The van der Waals surface area contributed by atoms with Crippen molar-refractivity contribution in [3.63, 3.8) is 0 Å². The van der Waals surface area contributed by atoms with Crippen LogP contribution < -0.4 is 14.8 Å². The van der Waals surface area contributed by atoms with Gasteiger partial charge in [-0.2, -0.15) is 5.26 Å². The summed E-state index contributed by atoms with van der Waals surface area (Å²) in [5.41, 5.74) is 2.86. The summed E-state index contributed by atoms with van der Waals surface area (Å²) in [5, 5.41) is 10.9. The molecule has 0 aliphatic carbocycles. The van der Waals surface area contributed by atoms with Gasteiger partial charge in [-0.3, -0.25) is 14.2 Å². The Hall–Kier alpha value is -2.85. The van der Waals surface area contributed by atoms with Gasteiger partial charge in [0.15, 0.2) is 5.57 Å². The SMILES string of the molecule is Cc1ccc(-n2c(=O)/c(=C/c3ccc(Cl)cc3Cl)s/c2=C(/C#N)C(=O)N2CCCC2)c(C)c1. The van der Waals surface area contributed by atoms with Crippen LogP contribution >= 0.6 is 34.5 Å². The van der Waals surface area contributed by atoms with E-state index in [0.717, 1.165) is 35.3 Å². The molecule has 1 aromatic heterocycles. The minimum atomic E-state index is -0.342. The number of carbonyl (C=O) groups is 1. The molecule has 3 aromatic rings. The number of carbonyl (C=O) groups excluding carboxylic acids is 1. The number of amides is 1. The average molecular weight is 498 g/mol. The van der Waals surface area contributed by atoms with E-state index in [2.05, 4.69) is 6.07 Å². The number of rotatable bonds is 3. The Morgan fingerprint density at radius 2 is 1.85 bits per heavy atom. The fraction of sp³-hybridized carbons (Fsp3) is 0.240. The van der Waals surface area contributed by atoms with Crippen molar-refractivity contribution in [2.75, 3.05) is 13.1 Å². The van der Waals surface area contributed by atoms with E-state index in [-0.39, 0.29) is 17.0 Å². The fourth-order valence-electron chi connectivity index (χ4n) is 3.95. The number of aryl methyl sites for hydroxylation is 2. The molecule has 2 aromatic carbocycles. The molecule has 0 atom stereocenters. The first-order chi connectivity index (χ1) is 15.8.